The first-order valence-electron chi connectivity index (χ1n) is 5.88. The summed E-state index contributed by atoms with van der Waals surface area (Å²) in [5.41, 5.74) is 8.10. The Labute approximate surface area is 106 Å². The molecule has 2 rings (SSSR count). The molecule has 0 atom stereocenters. The molecule has 2 aromatic rings. The normalized spacial score (nSPS) is 10.4. The van der Waals surface area contributed by atoms with Crippen molar-refractivity contribution in [2.75, 3.05) is 0 Å². The molecule has 2 aromatic heterocycles. The lowest BCUT2D eigenvalue weighted by Gasteiger charge is -2.09. The summed E-state index contributed by atoms with van der Waals surface area (Å²) in [4.78, 5) is 12.7. The van der Waals surface area contributed by atoms with Crippen molar-refractivity contribution >= 4 is 0 Å². The van der Waals surface area contributed by atoms with E-state index in [0.717, 1.165) is 17.8 Å². The summed E-state index contributed by atoms with van der Waals surface area (Å²) in [6, 6.07) is 3.81. The molecule has 0 amide bonds. The van der Waals surface area contributed by atoms with Crippen LogP contribution >= 0.6 is 0 Å². The Hall–Kier alpha value is -2.01. The molecule has 0 saturated heterocycles. The van der Waals surface area contributed by atoms with Crippen LogP contribution in [-0.2, 0) is 13.0 Å². The second kappa shape index (κ2) is 5.55. The van der Waals surface area contributed by atoms with E-state index in [2.05, 4.69) is 15.0 Å². The van der Waals surface area contributed by atoms with Crippen LogP contribution in [-0.4, -0.2) is 15.0 Å². The lowest BCUT2D eigenvalue weighted by atomic mass is 10.2. The first-order chi connectivity index (χ1) is 8.72. The van der Waals surface area contributed by atoms with E-state index >= 15 is 0 Å². The molecule has 0 aliphatic carbocycles. The van der Waals surface area contributed by atoms with E-state index in [0.29, 0.717) is 23.9 Å². The van der Waals surface area contributed by atoms with Crippen LogP contribution in [0.1, 0.15) is 24.0 Å². The van der Waals surface area contributed by atoms with Crippen LogP contribution in [0.5, 0.6) is 11.6 Å². The molecule has 5 nitrogen and oxygen atoms in total. The lowest BCUT2D eigenvalue weighted by Crippen LogP contribution is -2.02. The van der Waals surface area contributed by atoms with Gasteiger partial charge in [0.2, 0.25) is 5.88 Å². The van der Waals surface area contributed by atoms with Gasteiger partial charge in [0.05, 0.1) is 17.6 Å². The van der Waals surface area contributed by atoms with Crippen LogP contribution in [0.4, 0.5) is 0 Å². The summed E-state index contributed by atoms with van der Waals surface area (Å²) in [6.45, 7) is 4.34. The van der Waals surface area contributed by atoms with Gasteiger partial charge >= 0.3 is 0 Å². The summed E-state index contributed by atoms with van der Waals surface area (Å²) >= 11 is 0. The predicted molar refractivity (Wildman–Crippen MR) is 68.3 cm³/mol. The zero-order valence-corrected chi connectivity index (χ0v) is 10.6. The van der Waals surface area contributed by atoms with E-state index in [-0.39, 0.29) is 0 Å². The molecule has 18 heavy (non-hydrogen) atoms. The fourth-order valence-electron chi connectivity index (χ4n) is 1.59. The number of aromatic nitrogens is 3. The third-order valence-corrected chi connectivity index (χ3v) is 2.49. The van der Waals surface area contributed by atoms with Gasteiger partial charge in [-0.3, -0.25) is 9.97 Å². The number of hydrogen-bond donors (Lipinski definition) is 1. The second-order valence-corrected chi connectivity index (χ2v) is 3.91. The monoisotopic (exact) mass is 244 g/mol. The van der Waals surface area contributed by atoms with E-state index in [1.165, 1.54) is 0 Å². The van der Waals surface area contributed by atoms with Crippen molar-refractivity contribution in [1.82, 2.24) is 15.0 Å². The highest BCUT2D eigenvalue weighted by molar-refractivity contribution is 5.32. The Morgan fingerprint density at radius 1 is 1.22 bits per heavy atom. The van der Waals surface area contributed by atoms with Crippen LogP contribution in [0.2, 0.25) is 0 Å². The Morgan fingerprint density at radius 3 is 2.78 bits per heavy atom. The number of pyridine rings is 1. The molecule has 0 bridgehead atoms. The van der Waals surface area contributed by atoms with Crippen molar-refractivity contribution < 1.29 is 4.74 Å². The fraction of sp³-hybridized carbons (Fsp3) is 0.308. The van der Waals surface area contributed by atoms with Crippen LogP contribution in [0.15, 0.2) is 24.5 Å². The van der Waals surface area contributed by atoms with Crippen LogP contribution in [0.25, 0.3) is 0 Å². The largest absolute Gasteiger partial charge is 0.436 e. The molecule has 0 aliphatic rings. The molecular weight excluding hydrogens is 228 g/mol. The minimum Gasteiger partial charge on any atom is -0.436 e. The van der Waals surface area contributed by atoms with Crippen molar-refractivity contribution in [3.8, 4) is 11.6 Å². The van der Waals surface area contributed by atoms with Gasteiger partial charge in [-0.25, -0.2) is 4.98 Å². The molecule has 0 unspecified atom stereocenters. The maximum Gasteiger partial charge on any atom is 0.238 e. The van der Waals surface area contributed by atoms with E-state index in [4.69, 9.17) is 10.5 Å². The van der Waals surface area contributed by atoms with E-state index in [1.807, 2.05) is 26.0 Å². The molecule has 0 aliphatic heterocycles. The zero-order valence-electron chi connectivity index (χ0n) is 10.6. The van der Waals surface area contributed by atoms with Crippen molar-refractivity contribution in [2.24, 2.45) is 5.73 Å². The summed E-state index contributed by atoms with van der Waals surface area (Å²) in [5, 5.41) is 0. The van der Waals surface area contributed by atoms with Crippen LogP contribution in [0.3, 0.4) is 0 Å². The summed E-state index contributed by atoms with van der Waals surface area (Å²) < 4.78 is 5.71. The van der Waals surface area contributed by atoms with Gasteiger partial charge in [0.25, 0.3) is 0 Å². The summed E-state index contributed by atoms with van der Waals surface area (Å²) in [7, 11) is 0. The minimum atomic E-state index is 0.344. The Morgan fingerprint density at radius 2 is 2.06 bits per heavy atom. The first kappa shape index (κ1) is 12.4. The molecule has 5 heteroatoms. The Kier molecular flexibility index (Phi) is 3.84. The highest BCUT2D eigenvalue weighted by atomic mass is 16.5. The number of rotatable bonds is 4. The maximum atomic E-state index is 5.71. The molecule has 2 N–H and O–H groups in total. The standard InChI is InChI=1S/C13H16N4O/c1-3-11-12(5-4-9(2)16-11)18-13-8-15-7-10(6-14)17-13/h4-5,7-8H,3,6,14H2,1-2H3. The third-order valence-electron chi connectivity index (χ3n) is 2.49. The van der Waals surface area contributed by atoms with Gasteiger partial charge in [0, 0.05) is 18.4 Å². The number of hydrogen-bond acceptors (Lipinski definition) is 5. The number of aryl methyl sites for hydroxylation is 2. The Bertz CT molecular complexity index is 542. The average Bonchev–Trinajstić information content (AvgIpc) is 2.41. The average molecular weight is 244 g/mol. The highest BCUT2D eigenvalue weighted by Crippen LogP contribution is 2.23. The molecule has 0 aromatic carbocycles. The van der Waals surface area contributed by atoms with Crippen molar-refractivity contribution in [3.05, 3.63) is 41.6 Å². The summed E-state index contributed by atoms with van der Waals surface area (Å²) in [6.07, 6.45) is 4.00. The maximum absolute atomic E-state index is 5.71. The number of nitrogens with two attached hydrogens (primary N) is 1. The van der Waals surface area contributed by atoms with Crippen LogP contribution < -0.4 is 10.5 Å². The number of ether oxygens (including phenoxy) is 1. The SMILES string of the molecule is CCc1nc(C)ccc1Oc1cncc(CN)n1. The van der Waals surface area contributed by atoms with Crippen molar-refractivity contribution in [3.63, 3.8) is 0 Å². The molecule has 0 spiro atoms. The van der Waals surface area contributed by atoms with E-state index < -0.39 is 0 Å². The van der Waals surface area contributed by atoms with E-state index in [1.54, 1.807) is 12.4 Å². The highest BCUT2D eigenvalue weighted by Gasteiger charge is 2.07. The molecule has 0 radical (unpaired) electrons. The van der Waals surface area contributed by atoms with Gasteiger partial charge in [-0.1, -0.05) is 6.92 Å². The molecule has 0 fully saturated rings. The molecule has 0 saturated carbocycles. The Balaban J connectivity index is 2.27. The zero-order chi connectivity index (χ0) is 13.0. The molecular formula is C13H16N4O. The fourth-order valence-corrected chi connectivity index (χ4v) is 1.59. The quantitative estimate of drug-likeness (QED) is 0.890. The minimum absolute atomic E-state index is 0.344. The molecule has 2 heterocycles. The van der Waals surface area contributed by atoms with E-state index in [9.17, 15) is 0 Å². The second-order valence-electron chi connectivity index (χ2n) is 3.91. The topological polar surface area (TPSA) is 73.9 Å². The van der Waals surface area contributed by atoms with Crippen molar-refractivity contribution in [2.45, 2.75) is 26.8 Å². The summed E-state index contributed by atoms with van der Waals surface area (Å²) in [5.74, 6) is 1.16. The van der Waals surface area contributed by atoms with Gasteiger partial charge in [-0.05, 0) is 25.5 Å². The third kappa shape index (κ3) is 2.81. The molecule has 94 valence electrons. The smallest absolute Gasteiger partial charge is 0.238 e. The van der Waals surface area contributed by atoms with Gasteiger partial charge < -0.3 is 10.5 Å². The van der Waals surface area contributed by atoms with Gasteiger partial charge in [-0.15, -0.1) is 0 Å². The van der Waals surface area contributed by atoms with Gasteiger partial charge in [-0.2, -0.15) is 0 Å². The predicted octanol–water partition coefficient (Wildman–Crippen LogP) is 1.99. The van der Waals surface area contributed by atoms with Crippen LogP contribution in [0, 0.1) is 6.92 Å². The van der Waals surface area contributed by atoms with Crippen molar-refractivity contribution in [1.29, 1.82) is 0 Å². The van der Waals surface area contributed by atoms with Gasteiger partial charge in [0.1, 0.15) is 0 Å². The number of nitrogens with zero attached hydrogens (tertiary/aromatic N) is 3. The van der Waals surface area contributed by atoms with Gasteiger partial charge in [0.15, 0.2) is 5.75 Å². The lowest BCUT2D eigenvalue weighted by molar-refractivity contribution is 0.449. The first-order valence-corrected chi connectivity index (χ1v) is 5.88.